The molecule has 2 amide bonds. The summed E-state index contributed by atoms with van der Waals surface area (Å²) >= 11 is 0. The van der Waals surface area contributed by atoms with Crippen LogP contribution >= 0.6 is 0 Å². The van der Waals surface area contributed by atoms with Gasteiger partial charge in [0.15, 0.2) is 5.84 Å². The highest BCUT2D eigenvalue weighted by Crippen LogP contribution is 2.00. The zero-order chi connectivity index (χ0) is 14.9. The van der Waals surface area contributed by atoms with Gasteiger partial charge >= 0.3 is 0 Å². The fourth-order valence-electron chi connectivity index (χ4n) is 1.62. The Balaban J connectivity index is 2.13. The second-order valence-corrected chi connectivity index (χ2v) is 4.02. The molecule has 0 saturated heterocycles. The Morgan fingerprint density at radius 2 is 1.48 bits per heavy atom. The van der Waals surface area contributed by atoms with Gasteiger partial charge in [-0.3, -0.25) is 20.4 Å². The predicted octanol–water partition coefficient (Wildman–Crippen LogP) is 1.03. The maximum absolute atomic E-state index is 11.9. The predicted molar refractivity (Wildman–Crippen MR) is 79.2 cm³/mol. The summed E-state index contributed by atoms with van der Waals surface area (Å²) in [5, 5.41) is 3.99. The number of benzene rings is 2. The summed E-state index contributed by atoms with van der Waals surface area (Å²) in [6.45, 7) is 0. The Hall–Kier alpha value is -3.15. The quantitative estimate of drug-likeness (QED) is 0.331. The molecule has 0 radical (unpaired) electrons. The lowest BCUT2D eigenvalue weighted by atomic mass is 10.2. The molecule has 0 aliphatic heterocycles. The van der Waals surface area contributed by atoms with Gasteiger partial charge in [0.25, 0.3) is 5.91 Å². The SMILES string of the molecule is O=CNN/C(=N\NC(=O)c1ccccc1)c1ccccc1. The van der Waals surface area contributed by atoms with Gasteiger partial charge in [-0.25, -0.2) is 5.43 Å². The van der Waals surface area contributed by atoms with E-state index in [4.69, 9.17) is 0 Å². The molecule has 2 aromatic rings. The number of carbonyl (C=O) groups is 2. The smallest absolute Gasteiger partial charge is 0.271 e. The average molecular weight is 282 g/mol. The molecule has 3 N–H and O–H groups in total. The van der Waals surface area contributed by atoms with E-state index in [1.807, 2.05) is 24.3 Å². The molecule has 6 heteroatoms. The van der Waals surface area contributed by atoms with E-state index in [0.717, 1.165) is 5.56 Å². The van der Waals surface area contributed by atoms with Crippen molar-refractivity contribution >= 4 is 18.2 Å². The highest BCUT2D eigenvalue weighted by molar-refractivity contribution is 6.01. The summed E-state index contributed by atoms with van der Waals surface area (Å²) in [6, 6.07) is 17.8. The highest BCUT2D eigenvalue weighted by atomic mass is 16.2. The van der Waals surface area contributed by atoms with Gasteiger partial charge in [0, 0.05) is 11.1 Å². The van der Waals surface area contributed by atoms with E-state index >= 15 is 0 Å². The zero-order valence-corrected chi connectivity index (χ0v) is 11.1. The molecule has 2 aromatic carbocycles. The second kappa shape index (κ2) is 7.44. The number of nitrogens with one attached hydrogen (secondary N) is 3. The van der Waals surface area contributed by atoms with Crippen molar-refractivity contribution in [3.63, 3.8) is 0 Å². The number of rotatable bonds is 5. The summed E-state index contributed by atoms with van der Waals surface area (Å²) in [5.41, 5.74) is 8.56. The van der Waals surface area contributed by atoms with Crippen molar-refractivity contribution in [1.29, 1.82) is 0 Å². The molecule has 2 rings (SSSR count). The second-order valence-electron chi connectivity index (χ2n) is 4.02. The van der Waals surface area contributed by atoms with Gasteiger partial charge in [-0.1, -0.05) is 48.5 Å². The number of carbonyl (C=O) groups excluding carboxylic acids is 2. The van der Waals surface area contributed by atoms with Crippen LogP contribution in [0.15, 0.2) is 65.8 Å². The molecule has 0 saturated carbocycles. The van der Waals surface area contributed by atoms with E-state index in [2.05, 4.69) is 21.4 Å². The summed E-state index contributed by atoms with van der Waals surface area (Å²) in [6.07, 6.45) is 0.484. The lowest BCUT2D eigenvalue weighted by Crippen LogP contribution is -2.38. The van der Waals surface area contributed by atoms with Crippen molar-refractivity contribution < 1.29 is 9.59 Å². The van der Waals surface area contributed by atoms with Gasteiger partial charge < -0.3 is 0 Å². The fraction of sp³-hybridized carbons (Fsp3) is 0. The number of amides is 2. The van der Waals surface area contributed by atoms with Gasteiger partial charge in [-0.05, 0) is 12.1 Å². The van der Waals surface area contributed by atoms with E-state index < -0.39 is 0 Å². The molecule has 106 valence electrons. The molecule has 0 aromatic heterocycles. The van der Waals surface area contributed by atoms with Gasteiger partial charge in [0.2, 0.25) is 6.41 Å². The molecule has 0 aliphatic carbocycles. The first-order valence-electron chi connectivity index (χ1n) is 6.25. The largest absolute Gasteiger partial charge is 0.280 e. The maximum Gasteiger partial charge on any atom is 0.271 e. The molecule has 0 heterocycles. The van der Waals surface area contributed by atoms with Crippen molar-refractivity contribution in [3.05, 3.63) is 71.8 Å². The van der Waals surface area contributed by atoms with Crippen molar-refractivity contribution in [2.45, 2.75) is 0 Å². The summed E-state index contributed by atoms with van der Waals surface area (Å²) in [5.74, 6) is -0.0103. The van der Waals surface area contributed by atoms with Gasteiger partial charge in [0.05, 0.1) is 0 Å². The minimum atomic E-state index is -0.336. The van der Waals surface area contributed by atoms with Crippen LogP contribution in [0.25, 0.3) is 0 Å². The summed E-state index contributed by atoms with van der Waals surface area (Å²) in [7, 11) is 0. The van der Waals surface area contributed by atoms with Crippen molar-refractivity contribution in [3.8, 4) is 0 Å². The molecule has 0 atom stereocenters. The molecule has 0 spiro atoms. The number of amidine groups is 1. The normalized spacial score (nSPS) is 10.6. The molecular formula is C15H14N4O2. The van der Waals surface area contributed by atoms with Crippen molar-refractivity contribution in [2.24, 2.45) is 5.10 Å². The topological polar surface area (TPSA) is 82.6 Å². The molecular weight excluding hydrogens is 268 g/mol. The molecule has 0 fully saturated rings. The Morgan fingerprint density at radius 3 is 2.05 bits per heavy atom. The fourth-order valence-corrected chi connectivity index (χ4v) is 1.62. The monoisotopic (exact) mass is 282 g/mol. The molecule has 0 bridgehead atoms. The Labute approximate surface area is 121 Å². The van der Waals surface area contributed by atoms with E-state index in [1.54, 1.807) is 36.4 Å². The number of nitrogens with zero attached hydrogens (tertiary/aromatic N) is 1. The molecule has 0 aliphatic rings. The van der Waals surface area contributed by atoms with Crippen LogP contribution in [-0.2, 0) is 4.79 Å². The standard InChI is InChI=1S/C15H14N4O2/c20-11-16-17-14(12-7-3-1-4-8-12)18-19-15(21)13-9-5-2-6-10-13/h1-11H,(H,16,20)(H,17,18)(H,19,21). The molecule has 0 unspecified atom stereocenters. The lowest BCUT2D eigenvalue weighted by Gasteiger charge is -2.08. The van der Waals surface area contributed by atoms with Crippen LogP contribution in [0, 0.1) is 0 Å². The number of hydrogen-bond donors (Lipinski definition) is 3. The molecule has 21 heavy (non-hydrogen) atoms. The van der Waals surface area contributed by atoms with Crippen LogP contribution in [0.1, 0.15) is 15.9 Å². The highest BCUT2D eigenvalue weighted by Gasteiger charge is 2.06. The van der Waals surface area contributed by atoms with Crippen LogP contribution in [-0.4, -0.2) is 18.2 Å². The van der Waals surface area contributed by atoms with E-state index in [9.17, 15) is 9.59 Å². The third kappa shape index (κ3) is 4.17. The number of hydrazine groups is 1. The van der Waals surface area contributed by atoms with E-state index in [1.165, 1.54) is 0 Å². The Kier molecular flexibility index (Phi) is 5.05. The number of hydrazone groups is 1. The first-order chi connectivity index (χ1) is 10.3. The Morgan fingerprint density at radius 1 is 0.905 bits per heavy atom. The number of hydrogen-bond acceptors (Lipinski definition) is 3. The lowest BCUT2D eigenvalue weighted by molar-refractivity contribution is -0.110. The van der Waals surface area contributed by atoms with Crippen LogP contribution in [0.3, 0.4) is 0 Å². The molecule has 6 nitrogen and oxygen atoms in total. The van der Waals surface area contributed by atoms with Crippen molar-refractivity contribution in [2.75, 3.05) is 0 Å². The Bertz CT molecular complexity index is 627. The third-order valence-corrected chi connectivity index (χ3v) is 2.60. The average Bonchev–Trinajstić information content (AvgIpc) is 2.56. The third-order valence-electron chi connectivity index (χ3n) is 2.60. The van der Waals surface area contributed by atoms with Gasteiger partial charge in [-0.2, -0.15) is 5.10 Å². The van der Waals surface area contributed by atoms with Crippen LogP contribution < -0.4 is 16.3 Å². The van der Waals surface area contributed by atoms with E-state index in [-0.39, 0.29) is 5.91 Å². The maximum atomic E-state index is 11.9. The van der Waals surface area contributed by atoms with Gasteiger partial charge in [0.1, 0.15) is 0 Å². The summed E-state index contributed by atoms with van der Waals surface area (Å²) < 4.78 is 0. The van der Waals surface area contributed by atoms with Crippen LogP contribution in [0.4, 0.5) is 0 Å². The zero-order valence-electron chi connectivity index (χ0n) is 11.1. The first kappa shape index (κ1) is 14.3. The first-order valence-corrected chi connectivity index (χ1v) is 6.25. The van der Waals surface area contributed by atoms with Crippen LogP contribution in [0.2, 0.25) is 0 Å². The van der Waals surface area contributed by atoms with Crippen molar-refractivity contribution in [1.82, 2.24) is 16.3 Å². The van der Waals surface area contributed by atoms with Crippen LogP contribution in [0.5, 0.6) is 0 Å². The van der Waals surface area contributed by atoms with E-state index in [0.29, 0.717) is 17.8 Å². The minimum absolute atomic E-state index is 0.326. The van der Waals surface area contributed by atoms with Gasteiger partial charge in [-0.15, -0.1) is 0 Å². The summed E-state index contributed by atoms with van der Waals surface area (Å²) in [4.78, 5) is 22.3. The minimum Gasteiger partial charge on any atom is -0.280 e.